The van der Waals surface area contributed by atoms with Crippen LogP contribution in [0.5, 0.6) is 5.75 Å². The number of amides is 1. The molecular weight excluding hydrogens is 632 g/mol. The number of ether oxygens (including phenoxy) is 1. The van der Waals surface area contributed by atoms with Gasteiger partial charge in [-0.25, -0.2) is 9.97 Å². The summed E-state index contributed by atoms with van der Waals surface area (Å²) in [5.41, 5.74) is 1.35. The van der Waals surface area contributed by atoms with Crippen LogP contribution in [0.3, 0.4) is 0 Å². The Morgan fingerprint density at radius 1 is 1.09 bits per heavy atom. The SMILES string of the molecule is CNC(=O)c1nc(-c2c(C)nn(CCCO)c2C)ccc1Nc1nc(Nc2ccc(CP(=O)(O)O)cc2OC)ncc1C(F)(F)F. The molecule has 14 nitrogen and oxygen atoms in total. The average Bonchev–Trinajstić information content (AvgIpc) is 3.27. The first kappa shape index (κ1) is 34.3. The van der Waals surface area contributed by atoms with Gasteiger partial charge in [-0.05, 0) is 50.1 Å². The van der Waals surface area contributed by atoms with Crippen LogP contribution in [0.25, 0.3) is 11.3 Å². The van der Waals surface area contributed by atoms with Gasteiger partial charge in [0, 0.05) is 37.7 Å². The highest BCUT2D eigenvalue weighted by Crippen LogP contribution is 2.41. The van der Waals surface area contributed by atoms with Crippen LogP contribution in [0.1, 0.15) is 39.4 Å². The lowest BCUT2D eigenvalue weighted by atomic mass is 10.1. The monoisotopic (exact) mass is 664 g/mol. The topological polar surface area (TPSA) is 197 Å². The Kier molecular flexibility index (Phi) is 10.3. The number of aliphatic hydroxyl groups is 1. The van der Waals surface area contributed by atoms with Crippen molar-refractivity contribution < 1.29 is 42.2 Å². The van der Waals surface area contributed by atoms with E-state index in [-0.39, 0.29) is 40.9 Å². The van der Waals surface area contributed by atoms with Crippen molar-refractivity contribution in [2.75, 3.05) is 31.4 Å². The van der Waals surface area contributed by atoms with Crippen LogP contribution in [0.15, 0.2) is 36.5 Å². The number of aromatic nitrogens is 5. The summed E-state index contributed by atoms with van der Waals surface area (Å²) >= 11 is 0. The number of hydrogen-bond donors (Lipinski definition) is 6. The van der Waals surface area contributed by atoms with Gasteiger partial charge in [-0.2, -0.15) is 23.3 Å². The van der Waals surface area contributed by atoms with E-state index in [0.717, 1.165) is 5.69 Å². The van der Waals surface area contributed by atoms with Crippen molar-refractivity contribution in [1.82, 2.24) is 30.0 Å². The fourth-order valence-electron chi connectivity index (χ4n) is 4.66. The Labute approximate surface area is 261 Å². The van der Waals surface area contributed by atoms with E-state index >= 15 is 0 Å². The molecule has 0 atom stereocenters. The summed E-state index contributed by atoms with van der Waals surface area (Å²) in [6, 6.07) is 7.15. The molecule has 0 unspecified atom stereocenters. The minimum absolute atomic E-state index is 0.0213. The van der Waals surface area contributed by atoms with Crippen molar-refractivity contribution in [1.29, 1.82) is 0 Å². The number of benzene rings is 1. The molecule has 3 heterocycles. The molecule has 0 saturated carbocycles. The predicted molar refractivity (Wildman–Crippen MR) is 162 cm³/mol. The molecule has 246 valence electrons. The summed E-state index contributed by atoms with van der Waals surface area (Å²) in [5, 5.41) is 21.5. The molecule has 0 aliphatic rings. The maximum atomic E-state index is 14.1. The predicted octanol–water partition coefficient (Wildman–Crippen LogP) is 4.29. The molecule has 0 fully saturated rings. The largest absolute Gasteiger partial charge is 0.495 e. The molecule has 0 bridgehead atoms. The second-order valence-electron chi connectivity index (χ2n) is 10.1. The average molecular weight is 665 g/mol. The van der Waals surface area contributed by atoms with Crippen molar-refractivity contribution in [3.63, 3.8) is 0 Å². The summed E-state index contributed by atoms with van der Waals surface area (Å²) in [6.07, 6.45) is -4.37. The lowest BCUT2D eigenvalue weighted by Gasteiger charge is -2.17. The number of nitrogens with one attached hydrogen (secondary N) is 3. The number of halogens is 3. The van der Waals surface area contributed by atoms with E-state index in [1.165, 1.54) is 38.4 Å². The Balaban J connectivity index is 1.74. The minimum atomic E-state index is -4.87. The number of rotatable bonds is 12. The lowest BCUT2D eigenvalue weighted by Crippen LogP contribution is -2.21. The van der Waals surface area contributed by atoms with Crippen LogP contribution in [0.4, 0.5) is 36.3 Å². The number of carbonyl (C=O) groups is 1. The molecule has 6 N–H and O–H groups in total. The van der Waals surface area contributed by atoms with Crippen molar-refractivity contribution in [3.05, 3.63) is 64.7 Å². The van der Waals surface area contributed by atoms with Crippen molar-refractivity contribution >= 4 is 36.6 Å². The van der Waals surface area contributed by atoms with E-state index in [0.29, 0.717) is 36.1 Å². The number of pyridine rings is 1. The van der Waals surface area contributed by atoms with Gasteiger partial charge in [0.25, 0.3) is 5.91 Å². The van der Waals surface area contributed by atoms with Gasteiger partial charge in [-0.1, -0.05) is 6.07 Å². The van der Waals surface area contributed by atoms with Crippen LogP contribution in [-0.2, 0) is 23.4 Å². The highest BCUT2D eigenvalue weighted by atomic mass is 31.2. The normalized spacial score (nSPS) is 11.8. The van der Waals surface area contributed by atoms with Crippen LogP contribution < -0.4 is 20.7 Å². The molecule has 4 rings (SSSR count). The van der Waals surface area contributed by atoms with Gasteiger partial charge in [0.2, 0.25) is 5.95 Å². The minimum Gasteiger partial charge on any atom is -0.495 e. The Morgan fingerprint density at radius 2 is 1.80 bits per heavy atom. The summed E-state index contributed by atoms with van der Waals surface area (Å²) in [4.78, 5) is 43.7. The zero-order valence-electron chi connectivity index (χ0n) is 25.2. The number of hydrogen-bond acceptors (Lipinski definition) is 10. The Morgan fingerprint density at radius 3 is 2.43 bits per heavy atom. The van der Waals surface area contributed by atoms with Gasteiger partial charge >= 0.3 is 13.8 Å². The zero-order chi connectivity index (χ0) is 33.8. The van der Waals surface area contributed by atoms with Gasteiger partial charge in [-0.3, -0.25) is 14.0 Å². The second-order valence-corrected chi connectivity index (χ2v) is 11.7. The van der Waals surface area contributed by atoms with Crippen LogP contribution in [0, 0.1) is 13.8 Å². The highest BCUT2D eigenvalue weighted by molar-refractivity contribution is 7.50. The fourth-order valence-corrected chi connectivity index (χ4v) is 5.34. The molecule has 0 saturated heterocycles. The molecule has 0 aliphatic heterocycles. The molecule has 0 aliphatic carbocycles. The zero-order valence-corrected chi connectivity index (χ0v) is 26.1. The number of alkyl halides is 3. The first-order valence-electron chi connectivity index (χ1n) is 13.7. The first-order valence-corrected chi connectivity index (χ1v) is 15.5. The van der Waals surface area contributed by atoms with Gasteiger partial charge in [0.1, 0.15) is 17.1 Å². The molecule has 46 heavy (non-hydrogen) atoms. The number of anilines is 4. The third-order valence-corrected chi connectivity index (χ3v) is 7.53. The van der Waals surface area contributed by atoms with E-state index in [1.54, 1.807) is 17.7 Å². The third-order valence-electron chi connectivity index (χ3n) is 6.75. The van der Waals surface area contributed by atoms with Gasteiger partial charge < -0.3 is 35.6 Å². The molecule has 18 heteroatoms. The maximum Gasteiger partial charge on any atom is 0.421 e. The van der Waals surface area contributed by atoms with Crippen molar-refractivity contribution in [3.8, 4) is 17.0 Å². The van der Waals surface area contributed by atoms with Gasteiger partial charge in [-0.15, -0.1) is 0 Å². The number of aryl methyl sites for hydroxylation is 2. The summed E-state index contributed by atoms with van der Waals surface area (Å²) in [5.74, 6) is -1.49. The fraction of sp³-hybridized carbons (Fsp3) is 0.321. The molecule has 0 spiro atoms. The van der Waals surface area contributed by atoms with E-state index in [2.05, 4.69) is 36.0 Å². The number of nitrogens with zero attached hydrogens (tertiary/aromatic N) is 5. The van der Waals surface area contributed by atoms with Crippen LogP contribution >= 0.6 is 7.60 Å². The van der Waals surface area contributed by atoms with Gasteiger partial charge in [0.05, 0.1) is 36.0 Å². The maximum absolute atomic E-state index is 14.1. The summed E-state index contributed by atoms with van der Waals surface area (Å²) in [7, 11) is -1.70. The van der Waals surface area contributed by atoms with Crippen molar-refractivity contribution in [2.45, 2.75) is 39.2 Å². The molecule has 1 amide bonds. The first-order chi connectivity index (χ1) is 21.6. The molecule has 3 aromatic heterocycles. The molecular formula is C28H32F3N8O6P. The quantitative estimate of drug-likeness (QED) is 0.118. The van der Waals surface area contributed by atoms with Crippen LogP contribution in [0.2, 0.25) is 0 Å². The van der Waals surface area contributed by atoms with Gasteiger partial charge in [0.15, 0.2) is 5.69 Å². The van der Waals surface area contributed by atoms with E-state index in [4.69, 9.17) is 4.74 Å². The van der Waals surface area contributed by atoms with E-state index < -0.39 is 37.2 Å². The molecule has 1 aromatic carbocycles. The number of methoxy groups -OCH3 is 1. The molecule has 0 radical (unpaired) electrons. The van der Waals surface area contributed by atoms with E-state index in [1.807, 2.05) is 6.92 Å². The Bertz CT molecular complexity index is 1790. The Hall–Kier alpha value is -4.57. The smallest absolute Gasteiger partial charge is 0.421 e. The summed E-state index contributed by atoms with van der Waals surface area (Å²) in [6.45, 7) is 4.01. The molecule has 4 aromatic rings. The number of aliphatic hydroxyl groups excluding tert-OH is 1. The second kappa shape index (κ2) is 13.8. The number of carbonyl (C=O) groups excluding carboxylic acids is 1. The third kappa shape index (κ3) is 7.98. The highest BCUT2D eigenvalue weighted by Gasteiger charge is 2.36. The van der Waals surface area contributed by atoms with Crippen LogP contribution in [-0.4, -0.2) is 66.3 Å². The van der Waals surface area contributed by atoms with E-state index in [9.17, 15) is 37.4 Å². The van der Waals surface area contributed by atoms with Crippen molar-refractivity contribution in [2.24, 2.45) is 0 Å². The summed E-state index contributed by atoms with van der Waals surface area (Å²) < 4.78 is 60.5. The lowest BCUT2D eigenvalue weighted by molar-refractivity contribution is -0.137. The standard InChI is InChI=1S/C28H32F3N8O6P/c1-15-23(16(2)39(38-15)10-5-11-40)20-8-9-21(24(34-20)26(41)32-3)35-25-18(28(29,30)31)13-33-27(37-25)36-19-7-6-17(12-22(19)45-4)14-46(42,43)44/h6-9,12-13,40H,5,10-11,14H2,1-4H3,(H,32,41)(H2,42,43,44)(H2,33,35,36,37).